The summed E-state index contributed by atoms with van der Waals surface area (Å²) in [5.74, 6) is 2.61. The molecule has 1 saturated heterocycles. The van der Waals surface area contributed by atoms with Crippen molar-refractivity contribution in [1.29, 1.82) is 0 Å². The third-order valence-electron chi connectivity index (χ3n) is 6.94. The molecule has 5 aliphatic rings. The monoisotopic (exact) mass is 333 g/mol. The molecular formula is C20H35N3O. The van der Waals surface area contributed by atoms with Gasteiger partial charge in [-0.15, -0.1) is 0 Å². The molecule has 0 aromatic carbocycles. The first kappa shape index (κ1) is 16.7. The largest absolute Gasteiger partial charge is 0.335 e. The third-order valence-corrected chi connectivity index (χ3v) is 6.94. The van der Waals surface area contributed by atoms with Crippen LogP contribution < -0.4 is 16.0 Å². The predicted molar refractivity (Wildman–Crippen MR) is 96.9 cm³/mol. The molecule has 4 nitrogen and oxygen atoms in total. The minimum Gasteiger partial charge on any atom is -0.335 e. The molecule has 5 fully saturated rings. The molecule has 4 bridgehead atoms. The number of nitrogens with one attached hydrogen (secondary N) is 3. The number of carbonyl (C=O) groups excluding carboxylic acids is 1. The molecule has 1 aliphatic heterocycles. The maximum absolute atomic E-state index is 12.8. The van der Waals surface area contributed by atoms with E-state index in [2.05, 4.69) is 43.6 Å². The summed E-state index contributed by atoms with van der Waals surface area (Å²) >= 11 is 0. The average Bonchev–Trinajstić information content (AvgIpc) is 2.30. The highest BCUT2D eigenvalue weighted by molar-refractivity contribution is 5.75. The van der Waals surface area contributed by atoms with Crippen LogP contribution in [0.25, 0.3) is 0 Å². The van der Waals surface area contributed by atoms with Gasteiger partial charge in [0.15, 0.2) is 0 Å². The van der Waals surface area contributed by atoms with Crippen LogP contribution in [-0.2, 0) is 0 Å². The van der Waals surface area contributed by atoms with E-state index in [0.717, 1.165) is 30.6 Å². The second-order valence-electron chi connectivity index (χ2n) is 10.8. The summed E-state index contributed by atoms with van der Waals surface area (Å²) in [6.07, 6.45) is 9.88. The quantitative estimate of drug-likeness (QED) is 0.724. The molecule has 0 spiro atoms. The summed E-state index contributed by atoms with van der Waals surface area (Å²) in [6, 6.07) is 0.334. The van der Waals surface area contributed by atoms with Crippen molar-refractivity contribution in [3.8, 4) is 0 Å². The number of rotatable bonds is 2. The number of urea groups is 1. The fourth-order valence-electron chi connectivity index (χ4n) is 7.15. The summed E-state index contributed by atoms with van der Waals surface area (Å²) in [6.45, 7) is 8.94. The lowest BCUT2D eigenvalue weighted by Gasteiger charge is -2.57. The van der Waals surface area contributed by atoms with Gasteiger partial charge < -0.3 is 16.0 Å². The molecule has 4 heteroatoms. The maximum Gasteiger partial charge on any atom is 0.315 e. The first-order valence-corrected chi connectivity index (χ1v) is 10.0. The number of hydrogen-bond donors (Lipinski definition) is 3. The molecule has 4 saturated carbocycles. The summed E-state index contributed by atoms with van der Waals surface area (Å²) in [5.41, 5.74) is 0.248. The number of carbonyl (C=O) groups is 1. The number of hydrogen-bond acceptors (Lipinski definition) is 2. The van der Waals surface area contributed by atoms with Crippen molar-refractivity contribution < 1.29 is 4.79 Å². The van der Waals surface area contributed by atoms with Crippen molar-refractivity contribution in [2.24, 2.45) is 17.8 Å². The first-order chi connectivity index (χ1) is 11.1. The third kappa shape index (κ3) is 3.31. The zero-order valence-corrected chi connectivity index (χ0v) is 15.9. The fourth-order valence-corrected chi connectivity index (χ4v) is 7.15. The molecule has 0 radical (unpaired) electrons. The Kier molecular flexibility index (Phi) is 3.73. The van der Waals surface area contributed by atoms with E-state index in [0.29, 0.717) is 0 Å². The van der Waals surface area contributed by atoms with Crippen LogP contribution in [0.5, 0.6) is 0 Å². The standard InChI is InChI=1S/C20H35N3O/c1-18(2)11-16(12-19(3,4)23-18)21-17(24)22-20-8-13-5-14(9-20)7-15(6-13)10-20/h13-16,23H,5-12H2,1-4H3,(H2,21,22,24). The minimum atomic E-state index is 0.0698. The van der Waals surface area contributed by atoms with E-state index < -0.39 is 0 Å². The van der Waals surface area contributed by atoms with Crippen LogP contribution in [-0.4, -0.2) is 28.7 Å². The van der Waals surface area contributed by atoms with Gasteiger partial charge in [0.2, 0.25) is 0 Å². The molecular weight excluding hydrogens is 298 g/mol. The average molecular weight is 334 g/mol. The van der Waals surface area contributed by atoms with E-state index >= 15 is 0 Å². The number of amides is 2. The Balaban J connectivity index is 1.39. The SMILES string of the molecule is CC1(C)CC(NC(=O)NC23CC4CC(CC(C4)C2)C3)CC(C)(C)N1. The van der Waals surface area contributed by atoms with Crippen molar-refractivity contribution in [3.63, 3.8) is 0 Å². The molecule has 0 aromatic rings. The lowest BCUT2D eigenvalue weighted by molar-refractivity contribution is -0.0138. The molecule has 4 aliphatic carbocycles. The van der Waals surface area contributed by atoms with Gasteiger partial charge in [-0.05, 0) is 96.8 Å². The predicted octanol–water partition coefficient (Wildman–Crippen LogP) is 3.56. The van der Waals surface area contributed by atoms with Gasteiger partial charge in [0.05, 0.1) is 0 Å². The fraction of sp³-hybridized carbons (Fsp3) is 0.950. The van der Waals surface area contributed by atoms with Crippen LogP contribution in [0, 0.1) is 17.8 Å². The van der Waals surface area contributed by atoms with E-state index in [1.54, 1.807) is 0 Å². The summed E-state index contributed by atoms with van der Waals surface area (Å²) in [4.78, 5) is 12.8. The molecule has 0 atom stereocenters. The second-order valence-corrected chi connectivity index (χ2v) is 10.8. The summed E-state index contributed by atoms with van der Waals surface area (Å²) in [5, 5.41) is 10.5. The smallest absolute Gasteiger partial charge is 0.315 e. The highest BCUT2D eigenvalue weighted by Crippen LogP contribution is 2.55. The Morgan fingerprint density at radius 1 is 0.833 bits per heavy atom. The Hall–Kier alpha value is -0.770. The molecule has 2 amide bonds. The number of piperidine rings is 1. The van der Waals surface area contributed by atoms with Crippen molar-refractivity contribution in [2.45, 2.75) is 102 Å². The topological polar surface area (TPSA) is 53.2 Å². The Morgan fingerprint density at radius 3 is 1.75 bits per heavy atom. The van der Waals surface area contributed by atoms with Gasteiger partial charge in [-0.2, -0.15) is 0 Å². The maximum atomic E-state index is 12.8. The van der Waals surface area contributed by atoms with Crippen LogP contribution in [0.4, 0.5) is 4.79 Å². The van der Waals surface area contributed by atoms with Crippen LogP contribution in [0.3, 0.4) is 0 Å². The van der Waals surface area contributed by atoms with E-state index in [-0.39, 0.29) is 28.7 Å². The van der Waals surface area contributed by atoms with Crippen LogP contribution >= 0.6 is 0 Å². The summed E-state index contributed by atoms with van der Waals surface area (Å²) in [7, 11) is 0. The van der Waals surface area contributed by atoms with Crippen LogP contribution in [0.2, 0.25) is 0 Å². The Bertz CT molecular complexity index is 474. The zero-order valence-electron chi connectivity index (χ0n) is 15.9. The molecule has 0 unspecified atom stereocenters. The first-order valence-electron chi connectivity index (χ1n) is 10.0. The second kappa shape index (κ2) is 5.36. The molecule has 3 N–H and O–H groups in total. The Morgan fingerprint density at radius 2 is 1.29 bits per heavy atom. The van der Waals surface area contributed by atoms with Crippen molar-refractivity contribution >= 4 is 6.03 Å². The molecule has 0 aromatic heterocycles. The van der Waals surface area contributed by atoms with Gasteiger partial charge in [0.25, 0.3) is 0 Å². The van der Waals surface area contributed by atoms with Gasteiger partial charge in [-0.3, -0.25) is 0 Å². The lowest BCUT2D eigenvalue weighted by atomic mass is 9.53. The van der Waals surface area contributed by atoms with Crippen molar-refractivity contribution in [2.75, 3.05) is 0 Å². The zero-order chi connectivity index (χ0) is 17.2. The van der Waals surface area contributed by atoms with Crippen molar-refractivity contribution in [1.82, 2.24) is 16.0 Å². The van der Waals surface area contributed by atoms with Gasteiger partial charge in [0.1, 0.15) is 0 Å². The molecule has 5 rings (SSSR count). The van der Waals surface area contributed by atoms with Crippen molar-refractivity contribution in [3.05, 3.63) is 0 Å². The molecule has 136 valence electrons. The lowest BCUT2D eigenvalue weighted by Crippen LogP contribution is -2.65. The van der Waals surface area contributed by atoms with Gasteiger partial charge >= 0.3 is 6.03 Å². The highest BCUT2D eigenvalue weighted by atomic mass is 16.2. The van der Waals surface area contributed by atoms with Gasteiger partial charge in [0, 0.05) is 22.7 Å². The van der Waals surface area contributed by atoms with Gasteiger partial charge in [-0.25, -0.2) is 4.79 Å². The van der Waals surface area contributed by atoms with E-state index in [1.807, 2.05) is 0 Å². The van der Waals surface area contributed by atoms with Crippen LogP contribution in [0.15, 0.2) is 0 Å². The Labute approximate surface area is 146 Å². The normalized spacial score (nSPS) is 42.8. The van der Waals surface area contributed by atoms with Gasteiger partial charge in [-0.1, -0.05) is 0 Å². The molecule has 1 heterocycles. The molecule has 24 heavy (non-hydrogen) atoms. The highest BCUT2D eigenvalue weighted by Gasteiger charge is 2.51. The minimum absolute atomic E-state index is 0.0698. The van der Waals surface area contributed by atoms with E-state index in [4.69, 9.17) is 0 Å². The van der Waals surface area contributed by atoms with Crippen LogP contribution in [0.1, 0.15) is 79.1 Å². The van der Waals surface area contributed by atoms with E-state index in [9.17, 15) is 4.79 Å². The van der Waals surface area contributed by atoms with E-state index in [1.165, 1.54) is 38.5 Å². The summed E-state index contributed by atoms with van der Waals surface area (Å²) < 4.78 is 0.